The molecule has 2 aromatic heterocycles. The van der Waals surface area contributed by atoms with Crippen molar-refractivity contribution in [3.05, 3.63) is 96.1 Å². The van der Waals surface area contributed by atoms with Crippen LogP contribution < -0.4 is 0 Å². The van der Waals surface area contributed by atoms with E-state index >= 15 is 0 Å². The van der Waals surface area contributed by atoms with E-state index in [9.17, 15) is 4.79 Å². The van der Waals surface area contributed by atoms with Crippen molar-refractivity contribution in [2.75, 3.05) is 13.1 Å². The number of carbonyl (C=O) groups excluding carboxylic acids is 1. The quantitative estimate of drug-likeness (QED) is 0.446. The van der Waals surface area contributed by atoms with Gasteiger partial charge in [-0.05, 0) is 37.0 Å². The SMILES string of the molecule is Cc1nc2cnccc2n1C1CCN(C(=O)CC(c2ccccc2)c2ccccc2)CC1. The number of hydrogen-bond donors (Lipinski definition) is 0. The lowest BCUT2D eigenvalue weighted by Crippen LogP contribution is -2.39. The standard InChI is InChI=1S/C27H28N4O/c1-20-29-25-19-28-15-12-26(25)31(20)23-13-16-30(17-14-23)27(32)18-24(21-8-4-2-5-9-21)22-10-6-3-7-11-22/h2-12,15,19,23-24H,13-14,16-18H2,1H3. The molecule has 1 amide bonds. The van der Waals surface area contributed by atoms with Crippen molar-refractivity contribution in [3.63, 3.8) is 0 Å². The molecule has 0 bridgehead atoms. The van der Waals surface area contributed by atoms with Gasteiger partial charge in [0.1, 0.15) is 11.3 Å². The lowest BCUT2D eigenvalue weighted by atomic mass is 9.88. The number of imidazole rings is 1. The third-order valence-electron chi connectivity index (χ3n) is 6.63. The van der Waals surface area contributed by atoms with Gasteiger partial charge < -0.3 is 9.47 Å². The van der Waals surface area contributed by atoms with E-state index in [1.807, 2.05) is 35.5 Å². The van der Waals surface area contributed by atoms with Crippen LogP contribution in [-0.4, -0.2) is 38.4 Å². The number of benzene rings is 2. The van der Waals surface area contributed by atoms with E-state index in [0.29, 0.717) is 12.5 Å². The van der Waals surface area contributed by atoms with Gasteiger partial charge in [-0.15, -0.1) is 0 Å². The third kappa shape index (κ3) is 4.03. The Hall–Kier alpha value is -3.47. The Bertz CT molecular complexity index is 1150. The number of aromatic nitrogens is 3. The van der Waals surface area contributed by atoms with E-state index in [4.69, 9.17) is 0 Å². The summed E-state index contributed by atoms with van der Waals surface area (Å²) in [5.41, 5.74) is 4.46. The average molecular weight is 425 g/mol. The van der Waals surface area contributed by atoms with Crippen LogP contribution in [0.15, 0.2) is 79.1 Å². The van der Waals surface area contributed by atoms with Crippen molar-refractivity contribution in [1.82, 2.24) is 19.4 Å². The fourth-order valence-corrected chi connectivity index (χ4v) is 5.01. The highest BCUT2D eigenvalue weighted by Gasteiger charge is 2.28. The number of likely N-dealkylation sites (tertiary alicyclic amines) is 1. The maximum absolute atomic E-state index is 13.3. The molecule has 1 aliphatic rings. The molecule has 5 heteroatoms. The molecule has 162 valence electrons. The summed E-state index contributed by atoms with van der Waals surface area (Å²) >= 11 is 0. The number of pyridine rings is 1. The fraction of sp³-hybridized carbons (Fsp3) is 0.296. The molecule has 4 aromatic rings. The second kappa shape index (κ2) is 8.95. The van der Waals surface area contributed by atoms with Crippen LogP contribution in [-0.2, 0) is 4.79 Å². The van der Waals surface area contributed by atoms with Crippen molar-refractivity contribution >= 4 is 16.9 Å². The Labute approximate surface area is 188 Å². The maximum Gasteiger partial charge on any atom is 0.223 e. The Morgan fingerprint density at radius 2 is 1.59 bits per heavy atom. The highest BCUT2D eigenvalue weighted by Crippen LogP contribution is 2.31. The summed E-state index contributed by atoms with van der Waals surface area (Å²) in [6.07, 6.45) is 6.04. The van der Waals surface area contributed by atoms with Gasteiger partial charge in [0.15, 0.2) is 0 Å². The molecule has 2 aromatic carbocycles. The monoisotopic (exact) mass is 424 g/mol. The first kappa shape index (κ1) is 20.4. The number of amides is 1. The predicted octanol–water partition coefficient (Wildman–Crippen LogP) is 5.13. The largest absolute Gasteiger partial charge is 0.343 e. The Balaban J connectivity index is 1.30. The predicted molar refractivity (Wildman–Crippen MR) is 126 cm³/mol. The van der Waals surface area contributed by atoms with Crippen LogP contribution in [0.5, 0.6) is 0 Å². The minimum absolute atomic E-state index is 0.0787. The molecular weight excluding hydrogens is 396 g/mol. The zero-order valence-electron chi connectivity index (χ0n) is 18.4. The van der Waals surface area contributed by atoms with Crippen LogP contribution >= 0.6 is 0 Å². The van der Waals surface area contributed by atoms with Gasteiger partial charge in [-0.25, -0.2) is 4.98 Å². The van der Waals surface area contributed by atoms with Gasteiger partial charge in [0.2, 0.25) is 5.91 Å². The van der Waals surface area contributed by atoms with Crippen LogP contribution in [0.3, 0.4) is 0 Å². The van der Waals surface area contributed by atoms with E-state index in [0.717, 1.165) is 42.8 Å². The number of rotatable bonds is 5. The third-order valence-corrected chi connectivity index (χ3v) is 6.63. The van der Waals surface area contributed by atoms with Crippen molar-refractivity contribution in [3.8, 4) is 0 Å². The summed E-state index contributed by atoms with van der Waals surface area (Å²) in [5.74, 6) is 1.33. The van der Waals surface area contributed by atoms with Gasteiger partial charge in [-0.1, -0.05) is 60.7 Å². The summed E-state index contributed by atoms with van der Waals surface area (Å²) < 4.78 is 2.33. The molecule has 0 unspecified atom stereocenters. The molecule has 0 radical (unpaired) electrons. The highest BCUT2D eigenvalue weighted by molar-refractivity contribution is 5.78. The second-order valence-electron chi connectivity index (χ2n) is 8.58. The van der Waals surface area contributed by atoms with Crippen molar-refractivity contribution in [2.45, 2.75) is 38.1 Å². The molecule has 5 nitrogen and oxygen atoms in total. The number of carbonyl (C=O) groups is 1. The van der Waals surface area contributed by atoms with Crippen molar-refractivity contribution < 1.29 is 4.79 Å². The van der Waals surface area contributed by atoms with Crippen LogP contribution in [0, 0.1) is 6.92 Å². The minimum atomic E-state index is 0.0787. The van der Waals surface area contributed by atoms with Crippen LogP contribution in [0.25, 0.3) is 11.0 Å². The van der Waals surface area contributed by atoms with E-state index < -0.39 is 0 Å². The van der Waals surface area contributed by atoms with Crippen LogP contribution in [0.2, 0.25) is 0 Å². The number of fused-ring (bicyclic) bond motifs is 1. The highest BCUT2D eigenvalue weighted by atomic mass is 16.2. The molecule has 1 aliphatic heterocycles. The molecule has 0 N–H and O–H groups in total. The van der Waals surface area contributed by atoms with E-state index in [1.54, 1.807) is 0 Å². The molecule has 32 heavy (non-hydrogen) atoms. The van der Waals surface area contributed by atoms with Gasteiger partial charge in [0, 0.05) is 37.7 Å². The molecule has 0 spiro atoms. The van der Waals surface area contributed by atoms with Gasteiger partial charge in [-0.3, -0.25) is 9.78 Å². The van der Waals surface area contributed by atoms with E-state index in [1.165, 1.54) is 11.1 Å². The van der Waals surface area contributed by atoms with Gasteiger partial charge in [-0.2, -0.15) is 0 Å². The molecule has 5 rings (SSSR count). The molecule has 0 atom stereocenters. The topological polar surface area (TPSA) is 51.0 Å². The summed E-state index contributed by atoms with van der Waals surface area (Å²) in [6.45, 7) is 3.62. The molecular formula is C27H28N4O. The molecule has 0 saturated carbocycles. The zero-order valence-corrected chi connectivity index (χ0v) is 18.4. The average Bonchev–Trinajstić information content (AvgIpc) is 3.19. The lowest BCUT2D eigenvalue weighted by Gasteiger charge is -2.34. The number of aryl methyl sites for hydroxylation is 1. The van der Waals surface area contributed by atoms with E-state index in [-0.39, 0.29) is 11.8 Å². The number of piperidine rings is 1. The summed E-state index contributed by atoms with van der Waals surface area (Å²) in [4.78, 5) is 24.2. The summed E-state index contributed by atoms with van der Waals surface area (Å²) in [5, 5.41) is 0. The van der Waals surface area contributed by atoms with Crippen LogP contribution in [0.1, 0.15) is 48.2 Å². The number of nitrogens with zero attached hydrogens (tertiary/aromatic N) is 4. The molecule has 0 aliphatic carbocycles. The first-order valence-electron chi connectivity index (χ1n) is 11.4. The van der Waals surface area contributed by atoms with Crippen LogP contribution in [0.4, 0.5) is 0 Å². The Morgan fingerprint density at radius 3 is 2.22 bits per heavy atom. The van der Waals surface area contributed by atoms with Gasteiger partial charge >= 0.3 is 0 Å². The normalized spacial score (nSPS) is 14.9. The molecule has 1 fully saturated rings. The van der Waals surface area contributed by atoms with Crippen molar-refractivity contribution in [2.24, 2.45) is 0 Å². The Morgan fingerprint density at radius 1 is 0.969 bits per heavy atom. The van der Waals surface area contributed by atoms with Crippen molar-refractivity contribution in [1.29, 1.82) is 0 Å². The Kier molecular flexibility index (Phi) is 5.71. The first-order valence-corrected chi connectivity index (χ1v) is 11.4. The maximum atomic E-state index is 13.3. The lowest BCUT2D eigenvalue weighted by molar-refractivity contribution is -0.132. The van der Waals surface area contributed by atoms with Gasteiger partial charge in [0.25, 0.3) is 0 Å². The minimum Gasteiger partial charge on any atom is -0.343 e. The second-order valence-corrected chi connectivity index (χ2v) is 8.58. The first-order chi connectivity index (χ1) is 15.7. The smallest absolute Gasteiger partial charge is 0.223 e. The summed E-state index contributed by atoms with van der Waals surface area (Å²) in [6, 6.07) is 23.1. The van der Waals surface area contributed by atoms with Gasteiger partial charge in [0.05, 0.1) is 11.7 Å². The number of hydrogen-bond acceptors (Lipinski definition) is 3. The molecule has 1 saturated heterocycles. The fourth-order valence-electron chi connectivity index (χ4n) is 5.01. The van der Waals surface area contributed by atoms with E-state index in [2.05, 4.69) is 70.0 Å². The zero-order chi connectivity index (χ0) is 21.9. The summed E-state index contributed by atoms with van der Waals surface area (Å²) in [7, 11) is 0. The molecule has 3 heterocycles.